The maximum absolute atomic E-state index is 10.2. The molecule has 72 valence electrons. The monoisotopic (exact) mass is 214 g/mol. The van der Waals surface area contributed by atoms with Crippen LogP contribution in [0.3, 0.4) is 0 Å². The van der Waals surface area contributed by atoms with Gasteiger partial charge in [0.25, 0.3) is 0 Å². The van der Waals surface area contributed by atoms with E-state index in [0.717, 1.165) is 5.56 Å². The molecule has 3 heteroatoms. The normalized spacial score (nSPS) is 17.8. The van der Waals surface area contributed by atoms with Crippen molar-refractivity contribution in [3.8, 4) is 0 Å². The quantitative estimate of drug-likeness (QED) is 0.658. The average molecular weight is 214 g/mol. The molecule has 0 aliphatic carbocycles. The third-order valence-corrected chi connectivity index (χ3v) is 3.12. The Hall–Kier alpha value is -0.120. The Labute approximate surface area is 90.0 Å². The first kappa shape index (κ1) is 11.0. The molecule has 0 aliphatic rings. The van der Waals surface area contributed by atoms with Crippen LogP contribution in [0.15, 0.2) is 30.3 Å². The molecule has 1 nitrogen and oxygen atoms in total. The van der Waals surface area contributed by atoms with E-state index >= 15 is 0 Å². The Morgan fingerprint density at radius 1 is 1.38 bits per heavy atom. The van der Waals surface area contributed by atoms with Gasteiger partial charge in [0.2, 0.25) is 0 Å². The zero-order valence-corrected chi connectivity index (χ0v) is 9.30. The van der Waals surface area contributed by atoms with Crippen LogP contribution >= 0.6 is 25.3 Å². The third-order valence-electron chi connectivity index (χ3n) is 2.21. The number of hydrogen-bond donors (Lipinski definition) is 3. The standard InChI is InChI=1S/C10H14OS2/c1-8(13)10(11,7-12)9-5-3-2-4-6-9/h2-6,8,11-13H,7H2,1H3. The SMILES string of the molecule is CC(S)C(O)(CS)c1ccccc1. The highest BCUT2D eigenvalue weighted by Gasteiger charge is 2.31. The topological polar surface area (TPSA) is 20.2 Å². The molecule has 1 N–H and O–H groups in total. The molecule has 0 saturated carbocycles. The predicted octanol–water partition coefficient (Wildman–Crippen LogP) is 2.12. The predicted molar refractivity (Wildman–Crippen MR) is 62.6 cm³/mol. The average Bonchev–Trinajstić information content (AvgIpc) is 2.17. The van der Waals surface area contributed by atoms with Crippen molar-refractivity contribution < 1.29 is 5.11 Å². The van der Waals surface area contributed by atoms with Crippen LogP contribution in [-0.2, 0) is 5.60 Å². The van der Waals surface area contributed by atoms with Gasteiger partial charge in [0.05, 0.1) is 0 Å². The highest BCUT2D eigenvalue weighted by molar-refractivity contribution is 7.81. The van der Waals surface area contributed by atoms with Crippen molar-refractivity contribution in [3.05, 3.63) is 35.9 Å². The Bertz CT molecular complexity index is 261. The molecular formula is C10H14OS2. The second kappa shape index (κ2) is 4.40. The second-order valence-electron chi connectivity index (χ2n) is 3.12. The minimum absolute atomic E-state index is 0.132. The van der Waals surface area contributed by atoms with E-state index in [1.807, 2.05) is 37.3 Å². The zero-order chi connectivity index (χ0) is 9.90. The molecule has 0 radical (unpaired) electrons. The van der Waals surface area contributed by atoms with Crippen LogP contribution in [-0.4, -0.2) is 16.1 Å². The fourth-order valence-electron chi connectivity index (χ4n) is 1.19. The van der Waals surface area contributed by atoms with Crippen molar-refractivity contribution in [1.29, 1.82) is 0 Å². The fraction of sp³-hybridized carbons (Fsp3) is 0.400. The van der Waals surface area contributed by atoms with Gasteiger partial charge in [-0.25, -0.2) is 0 Å². The Morgan fingerprint density at radius 3 is 2.31 bits per heavy atom. The fourth-order valence-corrected chi connectivity index (χ4v) is 2.03. The summed E-state index contributed by atoms with van der Waals surface area (Å²) >= 11 is 8.42. The number of aliphatic hydroxyl groups is 1. The molecule has 0 bridgehead atoms. The Kier molecular flexibility index (Phi) is 3.71. The molecule has 0 aromatic heterocycles. The molecule has 0 saturated heterocycles. The summed E-state index contributed by atoms with van der Waals surface area (Å²) in [5, 5.41) is 10.1. The van der Waals surface area contributed by atoms with Gasteiger partial charge >= 0.3 is 0 Å². The van der Waals surface area contributed by atoms with Crippen LogP contribution in [0.2, 0.25) is 0 Å². The van der Waals surface area contributed by atoms with E-state index < -0.39 is 5.60 Å². The molecule has 0 heterocycles. The molecule has 2 atom stereocenters. The first-order chi connectivity index (χ1) is 6.11. The van der Waals surface area contributed by atoms with Gasteiger partial charge < -0.3 is 5.11 Å². The summed E-state index contributed by atoms with van der Waals surface area (Å²) in [7, 11) is 0. The van der Waals surface area contributed by atoms with E-state index in [0.29, 0.717) is 5.75 Å². The molecule has 13 heavy (non-hydrogen) atoms. The van der Waals surface area contributed by atoms with Gasteiger partial charge in [-0.3, -0.25) is 0 Å². The van der Waals surface area contributed by atoms with Crippen LogP contribution in [0.25, 0.3) is 0 Å². The summed E-state index contributed by atoms with van der Waals surface area (Å²) in [5.74, 6) is 0.377. The molecule has 0 amide bonds. The Morgan fingerprint density at radius 2 is 1.92 bits per heavy atom. The number of benzene rings is 1. The van der Waals surface area contributed by atoms with E-state index in [1.54, 1.807) is 0 Å². The van der Waals surface area contributed by atoms with Gasteiger partial charge in [0, 0.05) is 11.0 Å². The Balaban J connectivity index is 3.03. The van der Waals surface area contributed by atoms with E-state index in [-0.39, 0.29) is 5.25 Å². The lowest BCUT2D eigenvalue weighted by Crippen LogP contribution is -2.36. The van der Waals surface area contributed by atoms with Gasteiger partial charge in [-0.2, -0.15) is 25.3 Å². The van der Waals surface area contributed by atoms with Crippen molar-refractivity contribution in [2.75, 3.05) is 5.75 Å². The summed E-state index contributed by atoms with van der Waals surface area (Å²) in [4.78, 5) is 0. The van der Waals surface area contributed by atoms with Crippen molar-refractivity contribution >= 4 is 25.3 Å². The minimum atomic E-state index is -0.937. The summed E-state index contributed by atoms with van der Waals surface area (Å²) in [6.45, 7) is 1.87. The highest BCUT2D eigenvalue weighted by Crippen LogP contribution is 2.29. The molecular weight excluding hydrogens is 200 g/mol. The van der Waals surface area contributed by atoms with Gasteiger partial charge in [-0.1, -0.05) is 37.3 Å². The van der Waals surface area contributed by atoms with Gasteiger partial charge in [0.1, 0.15) is 5.60 Å². The van der Waals surface area contributed by atoms with Crippen molar-refractivity contribution in [2.45, 2.75) is 17.8 Å². The smallest absolute Gasteiger partial charge is 0.110 e. The summed E-state index contributed by atoms with van der Waals surface area (Å²) < 4.78 is 0. The van der Waals surface area contributed by atoms with Crippen LogP contribution in [0, 0.1) is 0 Å². The maximum atomic E-state index is 10.2. The van der Waals surface area contributed by atoms with Crippen LogP contribution in [0.5, 0.6) is 0 Å². The van der Waals surface area contributed by atoms with Crippen LogP contribution in [0.1, 0.15) is 12.5 Å². The second-order valence-corrected chi connectivity index (χ2v) is 4.22. The number of thiol groups is 2. The lowest BCUT2D eigenvalue weighted by atomic mass is 9.93. The summed E-state index contributed by atoms with van der Waals surface area (Å²) in [6, 6.07) is 9.51. The maximum Gasteiger partial charge on any atom is 0.110 e. The van der Waals surface area contributed by atoms with Gasteiger partial charge in [-0.15, -0.1) is 0 Å². The minimum Gasteiger partial charge on any atom is -0.383 e. The zero-order valence-electron chi connectivity index (χ0n) is 7.51. The first-order valence-electron chi connectivity index (χ1n) is 4.18. The van der Waals surface area contributed by atoms with Crippen LogP contribution in [0.4, 0.5) is 0 Å². The van der Waals surface area contributed by atoms with Crippen molar-refractivity contribution in [1.82, 2.24) is 0 Å². The molecule has 1 rings (SSSR count). The van der Waals surface area contributed by atoms with E-state index in [2.05, 4.69) is 25.3 Å². The molecule has 0 fully saturated rings. The molecule has 0 aliphatic heterocycles. The third kappa shape index (κ3) is 2.22. The van der Waals surface area contributed by atoms with Gasteiger partial charge in [-0.05, 0) is 5.56 Å². The molecule has 1 aromatic carbocycles. The van der Waals surface area contributed by atoms with Crippen molar-refractivity contribution in [3.63, 3.8) is 0 Å². The van der Waals surface area contributed by atoms with E-state index in [4.69, 9.17) is 0 Å². The number of rotatable bonds is 3. The first-order valence-corrected chi connectivity index (χ1v) is 5.33. The molecule has 1 aromatic rings. The molecule has 2 unspecified atom stereocenters. The summed E-state index contributed by atoms with van der Waals surface area (Å²) in [5.41, 5.74) is -0.0690. The van der Waals surface area contributed by atoms with E-state index in [1.165, 1.54) is 0 Å². The summed E-state index contributed by atoms with van der Waals surface area (Å²) in [6.07, 6.45) is 0. The largest absolute Gasteiger partial charge is 0.383 e. The van der Waals surface area contributed by atoms with Crippen LogP contribution < -0.4 is 0 Å². The van der Waals surface area contributed by atoms with E-state index in [9.17, 15) is 5.11 Å². The number of hydrogen-bond acceptors (Lipinski definition) is 3. The lowest BCUT2D eigenvalue weighted by molar-refractivity contribution is 0.0655. The molecule has 0 spiro atoms. The lowest BCUT2D eigenvalue weighted by Gasteiger charge is -2.30. The van der Waals surface area contributed by atoms with Crippen molar-refractivity contribution in [2.24, 2.45) is 0 Å². The highest BCUT2D eigenvalue weighted by atomic mass is 32.1. The van der Waals surface area contributed by atoms with Gasteiger partial charge in [0.15, 0.2) is 0 Å².